The van der Waals surface area contributed by atoms with Crippen LogP contribution in [0.1, 0.15) is 63.0 Å². The van der Waals surface area contributed by atoms with Crippen LogP contribution in [-0.4, -0.2) is 50.0 Å². The summed E-state index contributed by atoms with van der Waals surface area (Å²) in [5.74, 6) is -2.74. The molecule has 1 saturated carbocycles. The lowest BCUT2D eigenvalue weighted by molar-refractivity contribution is -0.141. The van der Waals surface area contributed by atoms with Gasteiger partial charge in [0.05, 0.1) is 11.9 Å². The van der Waals surface area contributed by atoms with Gasteiger partial charge in [-0.05, 0) is 56.4 Å². The Hall–Kier alpha value is -3.01. The summed E-state index contributed by atoms with van der Waals surface area (Å²) in [6.07, 6.45) is 6.23. The third kappa shape index (κ3) is 7.99. The number of benzene rings is 2. The van der Waals surface area contributed by atoms with E-state index < -0.39 is 27.7 Å². The predicted octanol–water partition coefficient (Wildman–Crippen LogP) is 4.69. The number of aryl methyl sites for hydroxylation is 1. The number of hydrogen-bond donors (Lipinski definition) is 1. The highest BCUT2D eigenvalue weighted by Crippen LogP contribution is 2.22. The van der Waals surface area contributed by atoms with Crippen molar-refractivity contribution in [2.24, 2.45) is 0 Å². The zero-order chi connectivity index (χ0) is 27.9. The fourth-order valence-corrected chi connectivity index (χ4v) is 5.72. The zero-order valence-electron chi connectivity index (χ0n) is 22.3. The van der Waals surface area contributed by atoms with E-state index in [1.165, 1.54) is 11.0 Å². The number of anilines is 1. The maximum absolute atomic E-state index is 13.8. The number of carbonyl (C=O) groups excluding carboxylic acids is 2. The topological polar surface area (TPSA) is 86.8 Å². The van der Waals surface area contributed by atoms with E-state index in [9.17, 15) is 26.8 Å². The second-order valence-corrected chi connectivity index (χ2v) is 11.9. The Labute approximate surface area is 224 Å². The van der Waals surface area contributed by atoms with E-state index in [0.717, 1.165) is 65.9 Å². The lowest BCUT2D eigenvalue weighted by Crippen LogP contribution is -2.50. The summed E-state index contributed by atoms with van der Waals surface area (Å²) >= 11 is 0. The van der Waals surface area contributed by atoms with Gasteiger partial charge in [-0.15, -0.1) is 0 Å². The van der Waals surface area contributed by atoms with Crippen molar-refractivity contribution in [1.29, 1.82) is 0 Å². The fraction of sp³-hybridized carbons (Fsp3) is 0.500. The number of rotatable bonds is 11. The first-order valence-electron chi connectivity index (χ1n) is 13.0. The summed E-state index contributed by atoms with van der Waals surface area (Å²) in [6.45, 7) is 3.79. The molecule has 0 spiro atoms. The smallest absolute Gasteiger partial charge is 0.242 e. The Morgan fingerprint density at radius 3 is 2.37 bits per heavy atom. The van der Waals surface area contributed by atoms with Crippen molar-refractivity contribution in [2.45, 2.75) is 77.4 Å². The Bertz CT molecular complexity index is 1230. The molecule has 3 rings (SSSR count). The first kappa shape index (κ1) is 29.5. The highest BCUT2D eigenvalue weighted by atomic mass is 32.2. The molecule has 2 aromatic carbocycles. The van der Waals surface area contributed by atoms with Gasteiger partial charge in [0.1, 0.15) is 6.04 Å². The molecule has 0 heterocycles. The second-order valence-electron chi connectivity index (χ2n) is 10.0. The van der Waals surface area contributed by atoms with E-state index in [1.807, 2.05) is 31.2 Å². The van der Waals surface area contributed by atoms with E-state index in [-0.39, 0.29) is 49.5 Å². The first-order valence-corrected chi connectivity index (χ1v) is 14.9. The number of nitrogens with one attached hydrogen (secondary N) is 1. The molecule has 2 amide bonds. The lowest BCUT2D eigenvalue weighted by Gasteiger charge is -2.32. The second kappa shape index (κ2) is 13.2. The van der Waals surface area contributed by atoms with Crippen LogP contribution in [0.5, 0.6) is 0 Å². The van der Waals surface area contributed by atoms with E-state index in [0.29, 0.717) is 0 Å². The average Bonchev–Trinajstić information content (AvgIpc) is 2.87. The molecule has 1 aliphatic rings. The van der Waals surface area contributed by atoms with Crippen molar-refractivity contribution in [3.63, 3.8) is 0 Å². The van der Waals surface area contributed by atoms with Crippen molar-refractivity contribution in [1.82, 2.24) is 10.2 Å². The Kier molecular flexibility index (Phi) is 10.2. The monoisotopic (exact) mass is 549 g/mol. The SMILES string of the molecule is Cc1ccccc1CN(C(=O)CCCN(c1ccc(F)c(F)c1)S(C)(=O)=O)C(C)C(=O)NC1CCCCC1. The summed E-state index contributed by atoms with van der Waals surface area (Å²) in [6, 6.07) is 9.89. The molecule has 1 atom stereocenters. The summed E-state index contributed by atoms with van der Waals surface area (Å²) in [5.41, 5.74) is 1.89. The Morgan fingerprint density at radius 1 is 1.05 bits per heavy atom. The van der Waals surface area contributed by atoms with Gasteiger partial charge >= 0.3 is 0 Å². The molecular formula is C28H37F2N3O4S. The molecule has 0 aromatic heterocycles. The number of carbonyl (C=O) groups is 2. The van der Waals surface area contributed by atoms with Crippen molar-refractivity contribution < 1.29 is 26.8 Å². The quantitative estimate of drug-likeness (QED) is 0.441. The maximum Gasteiger partial charge on any atom is 0.242 e. The van der Waals surface area contributed by atoms with Crippen LogP contribution in [0.15, 0.2) is 42.5 Å². The summed E-state index contributed by atoms with van der Waals surface area (Å²) < 4.78 is 52.8. The van der Waals surface area contributed by atoms with Crippen LogP contribution in [0.25, 0.3) is 0 Å². The summed E-state index contributed by atoms with van der Waals surface area (Å²) in [5, 5.41) is 3.09. The molecule has 0 radical (unpaired) electrons. The third-order valence-electron chi connectivity index (χ3n) is 7.06. The van der Waals surface area contributed by atoms with Gasteiger partial charge in [-0.1, -0.05) is 43.5 Å². The average molecular weight is 550 g/mol. The zero-order valence-corrected chi connectivity index (χ0v) is 23.1. The molecule has 1 aliphatic carbocycles. The highest BCUT2D eigenvalue weighted by molar-refractivity contribution is 7.92. The number of nitrogens with zero attached hydrogens (tertiary/aromatic N) is 2. The van der Waals surface area contributed by atoms with Crippen LogP contribution in [0.3, 0.4) is 0 Å². The van der Waals surface area contributed by atoms with Crippen LogP contribution < -0.4 is 9.62 Å². The van der Waals surface area contributed by atoms with Crippen molar-refractivity contribution >= 4 is 27.5 Å². The van der Waals surface area contributed by atoms with E-state index in [4.69, 9.17) is 0 Å². The van der Waals surface area contributed by atoms with Crippen molar-refractivity contribution in [3.05, 3.63) is 65.2 Å². The van der Waals surface area contributed by atoms with Gasteiger partial charge < -0.3 is 10.2 Å². The predicted molar refractivity (Wildman–Crippen MR) is 144 cm³/mol. The fourth-order valence-electron chi connectivity index (χ4n) is 4.77. The number of sulfonamides is 1. The van der Waals surface area contributed by atoms with Gasteiger partial charge in [0.2, 0.25) is 21.8 Å². The minimum Gasteiger partial charge on any atom is -0.352 e. The molecule has 208 valence electrons. The number of hydrogen-bond acceptors (Lipinski definition) is 4. The van der Waals surface area contributed by atoms with Crippen LogP contribution in [0.2, 0.25) is 0 Å². The van der Waals surface area contributed by atoms with Gasteiger partial charge in [0.15, 0.2) is 11.6 Å². The molecule has 0 aliphatic heterocycles. The van der Waals surface area contributed by atoms with Crippen molar-refractivity contribution in [3.8, 4) is 0 Å². The molecule has 2 aromatic rings. The summed E-state index contributed by atoms with van der Waals surface area (Å²) in [7, 11) is -3.81. The minimum atomic E-state index is -3.81. The van der Waals surface area contributed by atoms with Crippen LogP contribution in [0, 0.1) is 18.6 Å². The van der Waals surface area contributed by atoms with Crippen LogP contribution >= 0.6 is 0 Å². The van der Waals surface area contributed by atoms with Crippen LogP contribution in [-0.2, 0) is 26.2 Å². The van der Waals surface area contributed by atoms with Gasteiger partial charge in [-0.25, -0.2) is 17.2 Å². The minimum absolute atomic E-state index is 0.0177. The van der Waals surface area contributed by atoms with E-state index in [2.05, 4.69) is 5.32 Å². The molecule has 1 unspecified atom stereocenters. The molecule has 1 fully saturated rings. The standard InChI is InChI=1S/C28H37F2N3O4S/c1-20-10-7-8-11-22(20)19-32(21(2)28(35)31-23-12-5-4-6-13-23)27(34)14-9-17-33(38(3,36)37)24-15-16-25(29)26(30)18-24/h7-8,10-11,15-16,18,21,23H,4-6,9,12-14,17,19H2,1-3H3,(H,31,35). The van der Waals surface area contributed by atoms with Crippen LogP contribution in [0.4, 0.5) is 14.5 Å². The first-order chi connectivity index (χ1) is 18.0. The Balaban J connectivity index is 1.73. The van der Waals surface area contributed by atoms with Gasteiger partial charge in [-0.2, -0.15) is 0 Å². The molecule has 10 heteroatoms. The highest BCUT2D eigenvalue weighted by Gasteiger charge is 2.29. The molecule has 38 heavy (non-hydrogen) atoms. The van der Waals surface area contributed by atoms with Crippen molar-refractivity contribution in [2.75, 3.05) is 17.1 Å². The normalized spacial score (nSPS) is 15.1. The molecule has 7 nitrogen and oxygen atoms in total. The Morgan fingerprint density at radius 2 is 1.74 bits per heavy atom. The largest absolute Gasteiger partial charge is 0.352 e. The summed E-state index contributed by atoms with van der Waals surface area (Å²) in [4.78, 5) is 28.1. The van der Waals surface area contributed by atoms with E-state index in [1.54, 1.807) is 6.92 Å². The number of amides is 2. The molecular weight excluding hydrogens is 512 g/mol. The van der Waals surface area contributed by atoms with E-state index >= 15 is 0 Å². The molecule has 0 bridgehead atoms. The van der Waals surface area contributed by atoms with Gasteiger partial charge in [0, 0.05) is 31.6 Å². The van der Waals surface area contributed by atoms with Gasteiger partial charge in [-0.3, -0.25) is 13.9 Å². The maximum atomic E-state index is 13.8. The third-order valence-corrected chi connectivity index (χ3v) is 8.26. The van der Waals surface area contributed by atoms with Gasteiger partial charge in [0.25, 0.3) is 0 Å². The lowest BCUT2D eigenvalue weighted by atomic mass is 9.95. The number of halogens is 2. The molecule has 1 N–H and O–H groups in total. The molecule has 0 saturated heterocycles.